The predicted octanol–water partition coefficient (Wildman–Crippen LogP) is 2.10. The zero-order valence-electron chi connectivity index (χ0n) is 11.7. The van der Waals surface area contributed by atoms with Crippen LogP contribution in [-0.4, -0.2) is 34.7 Å². The number of nitrogens with one attached hydrogen (secondary N) is 1. The number of nitrogens with zero attached hydrogens (tertiary/aromatic N) is 3. The Morgan fingerprint density at radius 1 is 1.28 bits per heavy atom. The van der Waals surface area contributed by atoms with Crippen LogP contribution >= 0.6 is 0 Å². The minimum absolute atomic E-state index is 0.481. The summed E-state index contributed by atoms with van der Waals surface area (Å²) >= 11 is 0. The third-order valence-corrected chi connectivity index (χ3v) is 4.20. The first kappa shape index (κ1) is 12.0. The maximum absolute atomic E-state index is 4.74. The molecule has 2 saturated heterocycles. The van der Waals surface area contributed by atoms with E-state index in [-0.39, 0.29) is 0 Å². The van der Waals surface area contributed by atoms with Gasteiger partial charge in [-0.15, -0.1) is 0 Å². The van der Waals surface area contributed by atoms with Crippen molar-refractivity contribution in [1.82, 2.24) is 14.9 Å². The molecule has 0 radical (unpaired) electrons. The maximum atomic E-state index is 4.74. The highest BCUT2D eigenvalue weighted by Crippen LogP contribution is 2.26. The van der Waals surface area contributed by atoms with Crippen LogP contribution in [0.5, 0.6) is 0 Å². The fourth-order valence-electron chi connectivity index (χ4n) is 3.24. The molecule has 0 aliphatic carbocycles. The van der Waals surface area contributed by atoms with Gasteiger partial charge in [-0.3, -0.25) is 0 Å². The number of hydrogen-bond donors (Lipinski definition) is 1. The van der Waals surface area contributed by atoms with E-state index in [1.54, 1.807) is 0 Å². The summed E-state index contributed by atoms with van der Waals surface area (Å²) in [7, 11) is 0. The van der Waals surface area contributed by atoms with Crippen LogP contribution in [0.2, 0.25) is 0 Å². The smallest absolute Gasteiger partial charge is 0.206 e. The topological polar surface area (TPSA) is 33.1 Å². The van der Waals surface area contributed by atoms with E-state index in [0.717, 1.165) is 30.8 Å². The minimum Gasteiger partial charge on any atom is -0.341 e. The van der Waals surface area contributed by atoms with Gasteiger partial charge in [-0.05, 0) is 40.0 Å². The molecule has 0 spiro atoms. The lowest BCUT2D eigenvalue weighted by Crippen LogP contribution is -2.36. The Balaban J connectivity index is 1.85. The second-order valence-electron chi connectivity index (χ2n) is 6.06. The van der Waals surface area contributed by atoms with Crippen LogP contribution in [0.4, 0.5) is 5.95 Å². The van der Waals surface area contributed by atoms with E-state index in [1.165, 1.54) is 19.3 Å². The third kappa shape index (κ3) is 2.14. The van der Waals surface area contributed by atoms with E-state index in [4.69, 9.17) is 4.98 Å². The molecular weight excluding hydrogens is 224 g/mol. The Morgan fingerprint density at radius 3 is 2.83 bits per heavy atom. The molecule has 0 saturated carbocycles. The second kappa shape index (κ2) is 4.57. The zero-order chi connectivity index (χ0) is 12.7. The van der Waals surface area contributed by atoms with Crippen LogP contribution < -0.4 is 10.2 Å². The van der Waals surface area contributed by atoms with Crippen LogP contribution in [0.25, 0.3) is 0 Å². The molecule has 0 amide bonds. The highest BCUT2D eigenvalue weighted by Gasteiger charge is 2.30. The summed E-state index contributed by atoms with van der Waals surface area (Å²) in [6.45, 7) is 8.79. The molecule has 3 rings (SSSR count). The quantitative estimate of drug-likeness (QED) is 0.870. The van der Waals surface area contributed by atoms with E-state index in [2.05, 4.69) is 41.8 Å². The van der Waals surface area contributed by atoms with E-state index in [9.17, 15) is 0 Å². The van der Waals surface area contributed by atoms with E-state index in [1.807, 2.05) is 0 Å². The number of imidazole rings is 1. The Morgan fingerprint density at radius 2 is 2.06 bits per heavy atom. The molecule has 2 bridgehead atoms. The van der Waals surface area contributed by atoms with Gasteiger partial charge >= 0.3 is 0 Å². The molecule has 2 unspecified atom stereocenters. The fourth-order valence-corrected chi connectivity index (χ4v) is 3.24. The zero-order valence-corrected chi connectivity index (χ0v) is 11.7. The fraction of sp³-hybridized carbons (Fsp3) is 0.786. The molecule has 2 aliphatic rings. The van der Waals surface area contributed by atoms with Crippen LogP contribution in [0.1, 0.15) is 44.8 Å². The lowest BCUT2D eigenvalue weighted by atomic mass is 10.1. The van der Waals surface area contributed by atoms with Crippen LogP contribution in [0, 0.1) is 6.92 Å². The number of aryl methyl sites for hydroxylation is 1. The number of anilines is 1. The molecule has 2 atom stereocenters. The van der Waals surface area contributed by atoms with Crippen molar-refractivity contribution in [3.05, 3.63) is 11.9 Å². The number of fused-ring (bicyclic) bond motifs is 2. The van der Waals surface area contributed by atoms with Gasteiger partial charge in [0.15, 0.2) is 0 Å². The van der Waals surface area contributed by atoms with Gasteiger partial charge in [-0.25, -0.2) is 4.98 Å². The van der Waals surface area contributed by atoms with E-state index < -0.39 is 0 Å². The van der Waals surface area contributed by atoms with Gasteiger partial charge in [-0.1, -0.05) is 0 Å². The minimum atomic E-state index is 0.481. The van der Waals surface area contributed by atoms with Crippen molar-refractivity contribution in [2.24, 2.45) is 0 Å². The average Bonchev–Trinajstić information content (AvgIpc) is 2.82. The molecule has 0 aromatic carbocycles. The molecule has 2 aliphatic heterocycles. The molecule has 100 valence electrons. The van der Waals surface area contributed by atoms with E-state index >= 15 is 0 Å². The molecule has 1 aromatic heterocycles. The molecule has 1 N–H and O–H groups in total. The third-order valence-electron chi connectivity index (χ3n) is 4.20. The monoisotopic (exact) mass is 248 g/mol. The van der Waals surface area contributed by atoms with Gasteiger partial charge in [0, 0.05) is 37.4 Å². The summed E-state index contributed by atoms with van der Waals surface area (Å²) in [6.07, 6.45) is 6.11. The number of aromatic nitrogens is 2. The lowest BCUT2D eigenvalue weighted by Gasteiger charge is -2.27. The Kier molecular flexibility index (Phi) is 3.06. The van der Waals surface area contributed by atoms with Crippen molar-refractivity contribution in [2.45, 2.75) is 58.2 Å². The van der Waals surface area contributed by atoms with E-state index in [0.29, 0.717) is 12.1 Å². The number of hydrogen-bond acceptors (Lipinski definition) is 3. The summed E-state index contributed by atoms with van der Waals surface area (Å²) in [5.41, 5.74) is 1.13. The molecule has 1 aromatic rings. The standard InChI is InChI=1S/C14H24N4/c1-10(2)18-8-11(3)15-14(18)17-7-6-12-4-5-13(9-17)16-12/h8,10,12-13,16H,4-7,9H2,1-3H3. The first-order valence-electron chi connectivity index (χ1n) is 7.20. The second-order valence-corrected chi connectivity index (χ2v) is 6.06. The Hall–Kier alpha value is -1.03. The van der Waals surface area contributed by atoms with Crippen molar-refractivity contribution < 1.29 is 0 Å². The van der Waals surface area contributed by atoms with Gasteiger partial charge < -0.3 is 14.8 Å². The predicted molar refractivity (Wildman–Crippen MR) is 74.1 cm³/mol. The van der Waals surface area contributed by atoms with Crippen molar-refractivity contribution in [3.8, 4) is 0 Å². The summed E-state index contributed by atoms with van der Waals surface area (Å²) in [4.78, 5) is 7.22. The maximum Gasteiger partial charge on any atom is 0.206 e. The van der Waals surface area contributed by atoms with Gasteiger partial charge in [0.05, 0.1) is 5.69 Å². The first-order chi connectivity index (χ1) is 8.63. The Bertz CT molecular complexity index is 423. The Labute approximate surface area is 109 Å². The summed E-state index contributed by atoms with van der Waals surface area (Å²) in [5, 5.41) is 3.73. The molecule has 2 fully saturated rings. The molecule has 3 heterocycles. The van der Waals surface area contributed by atoms with Crippen LogP contribution in [-0.2, 0) is 0 Å². The van der Waals surface area contributed by atoms with Gasteiger partial charge in [-0.2, -0.15) is 0 Å². The molecule has 4 nitrogen and oxygen atoms in total. The van der Waals surface area contributed by atoms with Gasteiger partial charge in [0.25, 0.3) is 0 Å². The van der Waals surface area contributed by atoms with Crippen molar-refractivity contribution in [3.63, 3.8) is 0 Å². The highest BCUT2D eigenvalue weighted by molar-refractivity contribution is 5.35. The highest BCUT2D eigenvalue weighted by atomic mass is 15.3. The normalized spacial score (nSPS) is 27.9. The SMILES string of the molecule is Cc1cn(C(C)C)c(N2CCC3CCC(C2)N3)n1. The van der Waals surface area contributed by atoms with Crippen molar-refractivity contribution >= 4 is 5.95 Å². The van der Waals surface area contributed by atoms with Gasteiger partial charge in [0.1, 0.15) is 0 Å². The summed E-state index contributed by atoms with van der Waals surface area (Å²) in [6, 6.07) is 1.88. The van der Waals surface area contributed by atoms with Crippen molar-refractivity contribution in [1.29, 1.82) is 0 Å². The number of rotatable bonds is 2. The molecule has 4 heteroatoms. The first-order valence-corrected chi connectivity index (χ1v) is 7.20. The summed E-state index contributed by atoms with van der Waals surface area (Å²) < 4.78 is 2.31. The lowest BCUT2D eigenvalue weighted by molar-refractivity contribution is 0.558. The van der Waals surface area contributed by atoms with Gasteiger partial charge in [0.2, 0.25) is 5.95 Å². The average molecular weight is 248 g/mol. The van der Waals surface area contributed by atoms with Crippen molar-refractivity contribution in [2.75, 3.05) is 18.0 Å². The summed E-state index contributed by atoms with van der Waals surface area (Å²) in [5.74, 6) is 1.16. The molecular formula is C14H24N4. The largest absolute Gasteiger partial charge is 0.341 e. The molecule has 18 heavy (non-hydrogen) atoms. The van der Waals surface area contributed by atoms with Crippen LogP contribution in [0.15, 0.2) is 6.20 Å². The van der Waals surface area contributed by atoms with Crippen LogP contribution in [0.3, 0.4) is 0 Å².